The van der Waals surface area contributed by atoms with Gasteiger partial charge in [0.25, 0.3) is 0 Å². The quantitative estimate of drug-likeness (QED) is 0.516. The normalized spacial score (nSPS) is 15.5. The Morgan fingerprint density at radius 1 is 1.22 bits per heavy atom. The van der Waals surface area contributed by atoms with Crippen molar-refractivity contribution in [2.24, 2.45) is 5.41 Å². The second-order valence-corrected chi connectivity index (χ2v) is 10.4. The molecule has 0 bridgehead atoms. The van der Waals surface area contributed by atoms with Crippen molar-refractivity contribution in [2.75, 3.05) is 37.8 Å². The Morgan fingerprint density at radius 2 is 1.94 bits per heavy atom. The molecular weight excluding hydrogens is 424 g/mol. The molecule has 1 aromatic carbocycles. The van der Waals surface area contributed by atoms with E-state index in [-0.39, 0.29) is 11.7 Å². The van der Waals surface area contributed by atoms with E-state index in [2.05, 4.69) is 40.5 Å². The Bertz CT molecular complexity index is 1120. The molecule has 0 spiro atoms. The fraction of sp³-hybridized carbons (Fsp3) is 0.478. The number of ether oxygens (including phenoxy) is 2. The maximum atomic E-state index is 6.15. The van der Waals surface area contributed by atoms with Gasteiger partial charge in [-0.25, -0.2) is 9.97 Å². The van der Waals surface area contributed by atoms with Crippen LogP contribution in [0, 0.1) is 5.41 Å². The highest BCUT2D eigenvalue weighted by molar-refractivity contribution is 7.99. The first-order chi connectivity index (χ1) is 15.1. The van der Waals surface area contributed by atoms with Crippen LogP contribution in [0.2, 0.25) is 0 Å². The first-order valence-electron chi connectivity index (χ1n) is 10.8. The van der Waals surface area contributed by atoms with Gasteiger partial charge in [0.1, 0.15) is 5.52 Å². The van der Waals surface area contributed by atoms with Crippen molar-refractivity contribution in [1.82, 2.24) is 19.9 Å². The first-order valence-corrected chi connectivity index (χ1v) is 11.6. The monoisotopic (exact) mass is 456 g/mol. The van der Waals surface area contributed by atoms with E-state index in [1.165, 1.54) is 0 Å². The van der Waals surface area contributed by atoms with E-state index >= 15 is 0 Å². The standard InChI is InChI=1S/C23H32N6O2S/c1-14-30-17-11-16(28(5)6)19(12-18(17)31-14)32-22-27-20-15(7-8-26-21(20)24)29(22)10-9-25-13-23(2,3)4/h7-8,11-12,14,25H,9-10,13H2,1-6H3,(H2,24,26). The molecule has 1 atom stereocenters. The van der Waals surface area contributed by atoms with Crippen molar-refractivity contribution in [3.63, 3.8) is 0 Å². The lowest BCUT2D eigenvalue weighted by Crippen LogP contribution is -2.29. The number of nitrogens with zero attached hydrogens (tertiary/aromatic N) is 4. The molecule has 3 heterocycles. The molecule has 1 aliphatic heterocycles. The van der Waals surface area contributed by atoms with Crippen LogP contribution in [0.5, 0.6) is 11.5 Å². The van der Waals surface area contributed by atoms with Crippen LogP contribution in [0.1, 0.15) is 27.7 Å². The Labute approximate surface area is 193 Å². The summed E-state index contributed by atoms with van der Waals surface area (Å²) in [5, 5.41) is 4.42. The highest BCUT2D eigenvalue weighted by atomic mass is 32.2. The fourth-order valence-corrected chi connectivity index (χ4v) is 4.77. The van der Waals surface area contributed by atoms with Crippen LogP contribution in [0.4, 0.5) is 11.5 Å². The Hall–Kier alpha value is -2.65. The highest BCUT2D eigenvalue weighted by Gasteiger charge is 2.25. The summed E-state index contributed by atoms with van der Waals surface area (Å²) in [6.07, 6.45) is 1.45. The molecule has 0 amide bonds. The molecule has 172 valence electrons. The first kappa shape index (κ1) is 22.5. The molecule has 1 aliphatic rings. The second kappa shape index (κ2) is 8.71. The summed E-state index contributed by atoms with van der Waals surface area (Å²) < 4.78 is 13.8. The van der Waals surface area contributed by atoms with Gasteiger partial charge in [0, 0.05) is 63.9 Å². The molecule has 3 aromatic rings. The van der Waals surface area contributed by atoms with Gasteiger partial charge in [0.05, 0.1) is 11.2 Å². The van der Waals surface area contributed by atoms with E-state index in [4.69, 9.17) is 20.2 Å². The van der Waals surface area contributed by atoms with Gasteiger partial charge in [0.2, 0.25) is 6.29 Å². The number of hydrogen-bond acceptors (Lipinski definition) is 8. The van der Waals surface area contributed by atoms with Gasteiger partial charge in [-0.3, -0.25) is 0 Å². The molecular formula is C23H32N6O2S. The average molecular weight is 457 g/mol. The lowest BCUT2D eigenvalue weighted by Gasteiger charge is -2.20. The lowest BCUT2D eigenvalue weighted by atomic mass is 9.97. The number of hydrogen-bond donors (Lipinski definition) is 2. The minimum atomic E-state index is -0.287. The van der Waals surface area contributed by atoms with Gasteiger partial charge >= 0.3 is 0 Å². The highest BCUT2D eigenvalue weighted by Crippen LogP contribution is 2.45. The van der Waals surface area contributed by atoms with Gasteiger partial charge in [-0.05, 0) is 23.2 Å². The molecule has 0 saturated heterocycles. The van der Waals surface area contributed by atoms with Crippen molar-refractivity contribution in [2.45, 2.75) is 50.6 Å². The van der Waals surface area contributed by atoms with Crippen LogP contribution in [-0.2, 0) is 6.54 Å². The van der Waals surface area contributed by atoms with E-state index in [1.54, 1.807) is 18.0 Å². The Morgan fingerprint density at radius 3 is 2.62 bits per heavy atom. The number of rotatable bonds is 7. The van der Waals surface area contributed by atoms with E-state index < -0.39 is 0 Å². The van der Waals surface area contributed by atoms with Gasteiger partial charge < -0.3 is 30.0 Å². The van der Waals surface area contributed by atoms with Crippen LogP contribution in [0.15, 0.2) is 34.4 Å². The third-order valence-corrected chi connectivity index (χ3v) is 6.16. The summed E-state index contributed by atoms with van der Waals surface area (Å²) in [6.45, 7) is 11.1. The molecule has 0 saturated carbocycles. The average Bonchev–Trinajstić information content (AvgIpc) is 3.23. The predicted molar refractivity (Wildman–Crippen MR) is 130 cm³/mol. The zero-order chi connectivity index (χ0) is 23.0. The zero-order valence-corrected chi connectivity index (χ0v) is 20.4. The van der Waals surface area contributed by atoms with Gasteiger partial charge in [-0.15, -0.1) is 0 Å². The number of aromatic nitrogens is 3. The van der Waals surface area contributed by atoms with Crippen molar-refractivity contribution in [1.29, 1.82) is 0 Å². The number of nitrogens with one attached hydrogen (secondary N) is 1. The number of imidazole rings is 1. The number of fused-ring (bicyclic) bond motifs is 2. The van der Waals surface area contributed by atoms with Gasteiger partial charge in [-0.2, -0.15) is 0 Å². The van der Waals surface area contributed by atoms with Crippen LogP contribution in [-0.4, -0.2) is 48.0 Å². The smallest absolute Gasteiger partial charge is 0.238 e. The molecule has 9 heteroatoms. The fourth-order valence-electron chi connectivity index (χ4n) is 3.63. The number of nitrogens with two attached hydrogens (primary N) is 1. The molecule has 0 radical (unpaired) electrons. The number of nitrogen functional groups attached to an aromatic ring is 1. The number of anilines is 2. The zero-order valence-electron chi connectivity index (χ0n) is 19.6. The molecule has 3 N–H and O–H groups in total. The largest absolute Gasteiger partial charge is 0.451 e. The van der Waals surface area contributed by atoms with Crippen LogP contribution in [0.25, 0.3) is 11.0 Å². The van der Waals surface area contributed by atoms with Crippen molar-refractivity contribution in [3.8, 4) is 11.5 Å². The Kier molecular flexibility index (Phi) is 6.13. The topological polar surface area (TPSA) is 90.5 Å². The van der Waals surface area contributed by atoms with Gasteiger partial charge in [-0.1, -0.05) is 20.8 Å². The maximum absolute atomic E-state index is 6.15. The second-order valence-electron chi connectivity index (χ2n) is 9.41. The van der Waals surface area contributed by atoms with Crippen LogP contribution < -0.4 is 25.4 Å². The maximum Gasteiger partial charge on any atom is 0.238 e. The van der Waals surface area contributed by atoms with Crippen LogP contribution in [0.3, 0.4) is 0 Å². The summed E-state index contributed by atoms with van der Waals surface area (Å²) in [5.41, 5.74) is 9.14. The lowest BCUT2D eigenvalue weighted by molar-refractivity contribution is 0.0678. The summed E-state index contributed by atoms with van der Waals surface area (Å²) in [4.78, 5) is 12.2. The molecule has 32 heavy (non-hydrogen) atoms. The van der Waals surface area contributed by atoms with Crippen molar-refractivity contribution >= 4 is 34.3 Å². The molecule has 1 unspecified atom stereocenters. The number of pyridine rings is 1. The SMILES string of the molecule is CC1Oc2cc(Sc3nc4c(N)nccc4n3CCNCC(C)(C)C)c(N(C)C)cc2O1. The van der Waals surface area contributed by atoms with E-state index in [1.807, 2.05) is 39.2 Å². The summed E-state index contributed by atoms with van der Waals surface area (Å²) in [5.74, 6) is 1.96. The molecule has 8 nitrogen and oxygen atoms in total. The minimum absolute atomic E-state index is 0.229. The van der Waals surface area contributed by atoms with Gasteiger partial charge in [0.15, 0.2) is 22.5 Å². The molecule has 4 rings (SSSR count). The molecule has 0 aliphatic carbocycles. The number of benzene rings is 1. The molecule has 0 fully saturated rings. The minimum Gasteiger partial charge on any atom is -0.451 e. The molecule has 2 aromatic heterocycles. The predicted octanol–water partition coefficient (Wildman–Crippen LogP) is 3.98. The Balaban J connectivity index is 1.68. The summed E-state index contributed by atoms with van der Waals surface area (Å²) in [7, 11) is 4.04. The van der Waals surface area contributed by atoms with E-state index in [0.29, 0.717) is 5.82 Å². The van der Waals surface area contributed by atoms with E-state index in [0.717, 1.165) is 57.9 Å². The third-order valence-electron chi connectivity index (χ3n) is 5.12. The third kappa shape index (κ3) is 4.73. The summed E-state index contributed by atoms with van der Waals surface area (Å²) in [6, 6.07) is 6.03. The van der Waals surface area contributed by atoms with Crippen LogP contribution >= 0.6 is 11.8 Å². The summed E-state index contributed by atoms with van der Waals surface area (Å²) >= 11 is 1.60. The van der Waals surface area contributed by atoms with Crippen molar-refractivity contribution < 1.29 is 9.47 Å². The van der Waals surface area contributed by atoms with E-state index in [9.17, 15) is 0 Å². The van der Waals surface area contributed by atoms with Crippen molar-refractivity contribution in [3.05, 3.63) is 24.4 Å².